The first-order valence-electron chi connectivity index (χ1n) is 11.5. The first-order chi connectivity index (χ1) is 19.0. The van der Waals surface area contributed by atoms with Crippen molar-refractivity contribution in [1.29, 1.82) is 0 Å². The molecule has 0 aromatic heterocycles. The van der Waals surface area contributed by atoms with Crippen molar-refractivity contribution in [2.45, 2.75) is 49.9 Å². The number of carbonyl (C=O) groups excluding carboxylic acids is 6. The van der Waals surface area contributed by atoms with Crippen molar-refractivity contribution in [2.24, 2.45) is 5.73 Å². The largest absolute Gasteiger partial charge is 0.548 e. The van der Waals surface area contributed by atoms with Gasteiger partial charge < -0.3 is 62.7 Å². The smallest absolute Gasteiger partial charge is 0.322 e. The van der Waals surface area contributed by atoms with Gasteiger partial charge >= 0.3 is 11.9 Å². The van der Waals surface area contributed by atoms with E-state index in [9.17, 15) is 48.6 Å². The van der Waals surface area contributed by atoms with Crippen LogP contribution in [-0.2, 0) is 38.4 Å². The van der Waals surface area contributed by atoms with Gasteiger partial charge in [-0.05, 0) is 6.42 Å². The van der Waals surface area contributed by atoms with Crippen molar-refractivity contribution in [3.05, 3.63) is 0 Å². The van der Waals surface area contributed by atoms with Crippen molar-refractivity contribution in [3.8, 4) is 0 Å². The second kappa shape index (κ2) is 22.4. The lowest BCUT2D eigenvalue weighted by atomic mass is 10.1. The molecule has 234 valence electrons. The van der Waals surface area contributed by atoms with Gasteiger partial charge in [-0.25, -0.2) is 0 Å². The molecule has 0 aromatic carbocycles. The van der Waals surface area contributed by atoms with Crippen LogP contribution in [0.25, 0.3) is 0 Å². The normalized spacial score (nSPS) is 13.1. The molecule has 0 unspecified atom stereocenters. The topological polar surface area (TPSA) is 325 Å². The predicted molar refractivity (Wildman–Crippen MR) is 144 cm³/mol. The van der Waals surface area contributed by atoms with Crippen LogP contribution in [0.1, 0.15) is 25.7 Å². The van der Waals surface area contributed by atoms with Gasteiger partial charge in [-0.15, -0.1) is 11.7 Å². The van der Waals surface area contributed by atoms with Crippen molar-refractivity contribution in [3.63, 3.8) is 0 Å². The van der Waals surface area contributed by atoms with Crippen LogP contribution in [0, 0.1) is 0 Å². The summed E-state index contributed by atoms with van der Waals surface area (Å²) < 4.78 is 0. The molecular formula is C20H33N6O12S3-. The van der Waals surface area contributed by atoms with Gasteiger partial charge in [0.1, 0.15) is 30.7 Å². The van der Waals surface area contributed by atoms with Gasteiger partial charge in [0.05, 0.1) is 18.5 Å². The molecule has 0 heterocycles. The highest BCUT2D eigenvalue weighted by Gasteiger charge is 2.22. The van der Waals surface area contributed by atoms with Crippen molar-refractivity contribution in [1.82, 2.24) is 21.3 Å². The summed E-state index contributed by atoms with van der Waals surface area (Å²) in [4.78, 5) is 87.7. The van der Waals surface area contributed by atoms with Gasteiger partial charge in [0.25, 0.3) is 0 Å². The van der Waals surface area contributed by atoms with Crippen molar-refractivity contribution >= 4 is 82.6 Å². The summed E-state index contributed by atoms with van der Waals surface area (Å²) in [6, 6.07) is -4.16. The van der Waals surface area contributed by atoms with E-state index in [1.54, 1.807) is 0 Å². The Hall–Kier alpha value is -3.27. The molecule has 0 aromatic rings. The molecule has 4 atom stereocenters. The number of hydrogen-bond acceptors (Lipinski definition) is 14. The zero-order valence-corrected chi connectivity index (χ0v) is 24.1. The molecule has 0 rings (SSSR count). The summed E-state index contributed by atoms with van der Waals surface area (Å²) in [5, 5.41) is 46.5. The maximum Gasteiger partial charge on any atom is 0.322 e. The zero-order valence-electron chi connectivity index (χ0n) is 21.5. The molecule has 0 spiro atoms. The molecule has 0 saturated carbocycles. The molecule has 0 aliphatic heterocycles. The SMILES string of the molecule is N[C@@H](CCC(=O)N[C@@H](CS)C(=O)NCC(=O)O)C(=O)O.[NH3+][C@@H](CCC(=O)N[C@@H](CSS)C(=O)NCC(=O)[O-])C(=O)[O-]. The molecular weight excluding hydrogens is 612 g/mol. The highest BCUT2D eigenvalue weighted by Crippen LogP contribution is 2.07. The number of thiol groups is 2. The molecule has 4 amide bonds. The van der Waals surface area contributed by atoms with Gasteiger partial charge in [-0.1, -0.05) is 10.8 Å². The van der Waals surface area contributed by atoms with Gasteiger partial charge in [-0.2, -0.15) is 12.6 Å². The van der Waals surface area contributed by atoms with Crippen LogP contribution >= 0.6 is 35.1 Å². The molecule has 0 radical (unpaired) electrons. The predicted octanol–water partition coefficient (Wildman–Crippen LogP) is -7.15. The van der Waals surface area contributed by atoms with Crippen LogP contribution in [0.2, 0.25) is 0 Å². The van der Waals surface area contributed by atoms with E-state index in [2.05, 4.69) is 51.3 Å². The van der Waals surface area contributed by atoms with Crippen LogP contribution in [-0.4, -0.2) is 106 Å². The van der Waals surface area contributed by atoms with Crippen molar-refractivity contribution in [2.75, 3.05) is 24.6 Å². The van der Waals surface area contributed by atoms with Gasteiger partial charge in [0.15, 0.2) is 0 Å². The fourth-order valence-corrected chi connectivity index (χ4v) is 3.47. The highest BCUT2D eigenvalue weighted by molar-refractivity contribution is 8.68. The lowest BCUT2D eigenvalue weighted by Gasteiger charge is -2.18. The van der Waals surface area contributed by atoms with Crippen LogP contribution in [0.15, 0.2) is 0 Å². The van der Waals surface area contributed by atoms with Crippen LogP contribution in [0.4, 0.5) is 0 Å². The number of amides is 4. The minimum atomic E-state index is -1.46. The molecule has 0 aliphatic carbocycles. The quantitative estimate of drug-likeness (QED) is 0.0461. The van der Waals surface area contributed by atoms with E-state index in [1.165, 1.54) is 0 Å². The molecule has 0 fully saturated rings. The summed E-state index contributed by atoms with van der Waals surface area (Å²) in [5.41, 5.74) is 8.53. The third-order valence-corrected chi connectivity index (χ3v) is 5.90. The Bertz CT molecular complexity index is 942. The fourth-order valence-electron chi connectivity index (χ4n) is 2.39. The summed E-state index contributed by atoms with van der Waals surface area (Å²) in [6.07, 6.45) is -0.416. The fraction of sp³-hybridized carbons (Fsp3) is 0.600. The van der Waals surface area contributed by atoms with Crippen LogP contribution in [0.5, 0.6) is 0 Å². The zero-order chi connectivity index (χ0) is 32.1. The minimum Gasteiger partial charge on any atom is -0.548 e. The summed E-state index contributed by atoms with van der Waals surface area (Å²) in [7, 11) is 0.983. The van der Waals surface area contributed by atoms with E-state index in [4.69, 9.17) is 15.9 Å². The van der Waals surface area contributed by atoms with Crippen LogP contribution in [0.3, 0.4) is 0 Å². The molecule has 41 heavy (non-hydrogen) atoms. The van der Waals surface area contributed by atoms with Crippen molar-refractivity contribution < 1.29 is 64.5 Å². The van der Waals surface area contributed by atoms with Gasteiger partial charge in [0, 0.05) is 30.8 Å². The van der Waals surface area contributed by atoms with E-state index < -0.39 is 84.8 Å². The minimum absolute atomic E-state index is 0.0256. The number of quaternary nitrogens is 1. The summed E-state index contributed by atoms with van der Waals surface area (Å²) in [6.45, 7) is -1.24. The maximum absolute atomic E-state index is 11.6. The van der Waals surface area contributed by atoms with Crippen LogP contribution < -0.4 is 42.9 Å². The Balaban J connectivity index is 0. The third-order valence-electron chi connectivity index (χ3n) is 4.60. The first-order valence-corrected chi connectivity index (χ1v) is 14.2. The lowest BCUT2D eigenvalue weighted by Crippen LogP contribution is -2.68. The molecule has 0 aliphatic rings. The Kier molecular flexibility index (Phi) is 21.8. The lowest BCUT2D eigenvalue weighted by molar-refractivity contribution is -0.438. The Morgan fingerprint density at radius 3 is 1.78 bits per heavy atom. The molecule has 11 N–H and O–H groups in total. The number of rotatable bonds is 19. The average Bonchev–Trinajstić information content (AvgIpc) is 2.90. The maximum atomic E-state index is 11.6. The Morgan fingerprint density at radius 1 is 0.854 bits per heavy atom. The molecule has 21 heteroatoms. The molecule has 18 nitrogen and oxygen atoms in total. The van der Waals surface area contributed by atoms with E-state index in [0.29, 0.717) is 0 Å². The second-order valence-corrected chi connectivity index (χ2v) is 9.69. The monoisotopic (exact) mass is 645 g/mol. The average molecular weight is 646 g/mol. The van der Waals surface area contributed by atoms with E-state index >= 15 is 0 Å². The summed E-state index contributed by atoms with van der Waals surface area (Å²) in [5.74, 6) is -7.66. The standard InChI is InChI=1S/C10H17N3O6S2.C10H17N3O6S/c11-5(10(18)19)1-2-7(14)13-6(4-21-20)9(17)12-3-8(15)16;11-5(10(18)19)1-2-7(14)13-6(4-20)9(17)12-3-8(15)16/h5-6,20H,1-4,11H2,(H,12,17)(H,13,14)(H,15,16)(H,18,19);5-6,20H,1-4,11H2,(H,12,17)(H,13,14)(H,15,16)(H,18,19)/p-1/t2*5-,6-/m00/s1. The Morgan fingerprint density at radius 2 is 1.34 bits per heavy atom. The molecule has 0 saturated heterocycles. The number of carboxylic acid groups (broad SMARTS) is 4. The first kappa shape index (κ1) is 39.9. The van der Waals surface area contributed by atoms with E-state index in [0.717, 1.165) is 10.8 Å². The number of nitrogens with two attached hydrogens (primary N) is 1. The second-order valence-electron chi connectivity index (χ2n) is 7.96. The number of aliphatic carboxylic acids is 4. The Labute approximate surface area is 248 Å². The highest BCUT2D eigenvalue weighted by atomic mass is 33.1. The number of carboxylic acids is 4. The number of carbonyl (C=O) groups is 8. The van der Waals surface area contributed by atoms with E-state index in [-0.39, 0.29) is 37.2 Å². The van der Waals surface area contributed by atoms with Gasteiger partial charge in [-0.3, -0.25) is 28.8 Å². The number of nitrogens with one attached hydrogen (secondary N) is 4. The summed E-state index contributed by atoms with van der Waals surface area (Å²) >= 11 is 7.73. The van der Waals surface area contributed by atoms with Gasteiger partial charge in [0.2, 0.25) is 23.6 Å². The molecule has 0 bridgehead atoms. The third kappa shape index (κ3) is 21.2. The van der Waals surface area contributed by atoms with E-state index in [1.807, 2.05) is 0 Å². The number of hydrogen-bond donors (Lipinski definition) is 10.